The second-order valence-electron chi connectivity index (χ2n) is 15.0. The van der Waals surface area contributed by atoms with Crippen LogP contribution in [-0.2, 0) is 59.2 Å². The average molecular weight is 874 g/mol. The van der Waals surface area contributed by atoms with E-state index in [1.807, 2.05) is 6.92 Å². The van der Waals surface area contributed by atoms with Gasteiger partial charge in [-0.25, -0.2) is 0 Å². The van der Waals surface area contributed by atoms with Crippen molar-refractivity contribution in [1.29, 1.82) is 0 Å². The van der Waals surface area contributed by atoms with Crippen molar-refractivity contribution in [3.8, 4) is 0 Å². The van der Waals surface area contributed by atoms with Gasteiger partial charge in [0.25, 0.3) is 5.91 Å². The first-order chi connectivity index (χ1) is 29.1. The molecule has 0 bridgehead atoms. The molecule has 1 aromatic carbocycles. The van der Waals surface area contributed by atoms with E-state index >= 15 is 0 Å². The number of carbonyl (C=O) groups excluding carboxylic acids is 8. The zero-order chi connectivity index (χ0) is 47.1. The molecule has 21 nitrogen and oxygen atoms in total. The van der Waals surface area contributed by atoms with E-state index in [1.54, 1.807) is 45.0 Å². The minimum atomic E-state index is -1.80. The molecule has 0 radical (unpaired) electrons. The Hall–Kier alpha value is -6.51. The molecular formula is C41H59N7O14. The third-order valence-electron chi connectivity index (χ3n) is 9.33. The normalized spacial score (nSPS) is 13.8. The van der Waals surface area contributed by atoms with Crippen LogP contribution in [0.4, 0.5) is 0 Å². The largest absolute Gasteiger partial charge is 0.481 e. The van der Waals surface area contributed by atoms with Gasteiger partial charge in [-0.2, -0.15) is 0 Å². The summed E-state index contributed by atoms with van der Waals surface area (Å²) in [7, 11) is 0. The smallest absolute Gasteiger partial charge is 0.305 e. The molecule has 1 rings (SSSR count). The maximum absolute atomic E-state index is 14.2. The third kappa shape index (κ3) is 20.2. The minimum absolute atomic E-state index is 0.122. The number of amides is 6. The number of carboxylic acid groups (broad SMARTS) is 3. The number of primary amides is 1. The molecule has 0 aromatic heterocycles. The summed E-state index contributed by atoms with van der Waals surface area (Å²) in [5.41, 5.74) is 6.49. The highest BCUT2D eigenvalue weighted by atomic mass is 16.4. The lowest BCUT2D eigenvalue weighted by Crippen LogP contribution is -2.58. The quantitative estimate of drug-likeness (QED) is 0.0322. The van der Waals surface area contributed by atoms with Crippen LogP contribution < -0.4 is 37.6 Å². The molecule has 11 N–H and O–H groups in total. The number of nitrogens with two attached hydrogens (primary N) is 1. The number of nitrogens with one attached hydrogen (secondary N) is 6. The van der Waals surface area contributed by atoms with E-state index in [0.29, 0.717) is 18.4 Å². The Morgan fingerprint density at radius 3 is 1.81 bits per heavy atom. The number of Topliss-reactive ketones (excluding diaryl/α,β-unsaturated/α-hetero) is 2. The number of hydrogen-bond acceptors (Lipinski definition) is 12. The summed E-state index contributed by atoms with van der Waals surface area (Å²) in [5, 5.41) is 42.3. The molecule has 2 unspecified atom stereocenters. The lowest BCUT2D eigenvalue weighted by Gasteiger charge is -2.27. The van der Waals surface area contributed by atoms with E-state index in [9.17, 15) is 63.0 Å². The molecule has 342 valence electrons. The number of carbonyl (C=O) groups is 11. The summed E-state index contributed by atoms with van der Waals surface area (Å²) in [4.78, 5) is 138. The Kier molecular flexibility index (Phi) is 23.6. The van der Waals surface area contributed by atoms with Crippen LogP contribution in [0.15, 0.2) is 36.9 Å². The van der Waals surface area contributed by atoms with Crippen LogP contribution in [0.5, 0.6) is 0 Å². The maximum atomic E-state index is 14.2. The van der Waals surface area contributed by atoms with Gasteiger partial charge in [0.2, 0.25) is 35.3 Å². The van der Waals surface area contributed by atoms with Crippen LogP contribution >= 0.6 is 0 Å². The zero-order valence-electron chi connectivity index (χ0n) is 35.3. The van der Waals surface area contributed by atoms with E-state index in [1.165, 1.54) is 0 Å². The van der Waals surface area contributed by atoms with Crippen molar-refractivity contribution in [2.45, 2.75) is 128 Å². The molecule has 0 fully saturated rings. The van der Waals surface area contributed by atoms with Gasteiger partial charge < -0.3 is 47.6 Å². The van der Waals surface area contributed by atoms with Gasteiger partial charge in [-0.15, -0.1) is 6.58 Å². The Morgan fingerprint density at radius 1 is 0.694 bits per heavy atom. The molecule has 0 saturated carbocycles. The van der Waals surface area contributed by atoms with E-state index in [-0.39, 0.29) is 25.2 Å². The first kappa shape index (κ1) is 53.5. The van der Waals surface area contributed by atoms with Crippen molar-refractivity contribution in [2.24, 2.45) is 11.7 Å². The standard InChI is InChI=1S/C41H59N7O14/c1-6-8-13-26(37(58)38(42)59)46-40(61)29(18-22(3)4)45-32(50)21-43-25(7-2)36(57)28(19-24-12-10-9-11-23(24)5)48-39(60)27(14-16-33(51)52)47-41(62)30(20-35(55)56)44-31(49)15-17-34(53)54/h7,9-12,22,25-30,43H,2,6,8,13-21H2,1,3-5H3,(H2,42,59)(H,44,49)(H,45,50)(H,46,61)(H,47,62)(H,48,60)(H,51,52)(H,53,54)(H,55,56)/t25?,26?,27-,28-,29-,30-/m0/s1. The Balaban J connectivity index is 3.38. The Labute approximate surface area is 358 Å². The molecule has 1 aromatic rings. The van der Waals surface area contributed by atoms with Gasteiger partial charge in [0.05, 0.1) is 37.5 Å². The molecule has 21 heteroatoms. The second-order valence-corrected chi connectivity index (χ2v) is 15.0. The third-order valence-corrected chi connectivity index (χ3v) is 9.33. The molecule has 6 atom stereocenters. The molecule has 6 amide bonds. The highest BCUT2D eigenvalue weighted by Gasteiger charge is 2.34. The van der Waals surface area contributed by atoms with Crippen LogP contribution in [0.25, 0.3) is 0 Å². The predicted molar refractivity (Wildman–Crippen MR) is 221 cm³/mol. The van der Waals surface area contributed by atoms with Crippen molar-refractivity contribution >= 4 is 64.9 Å². The van der Waals surface area contributed by atoms with Crippen molar-refractivity contribution in [2.75, 3.05) is 6.54 Å². The fourth-order valence-electron chi connectivity index (χ4n) is 6.02. The fourth-order valence-corrected chi connectivity index (χ4v) is 6.02. The van der Waals surface area contributed by atoms with Gasteiger partial charge >= 0.3 is 17.9 Å². The lowest BCUT2D eigenvalue weighted by atomic mass is 9.94. The first-order valence-corrected chi connectivity index (χ1v) is 20.0. The number of hydrogen-bond donors (Lipinski definition) is 10. The topological polar surface area (TPSA) is 347 Å². The summed E-state index contributed by atoms with van der Waals surface area (Å²) in [6.45, 7) is 10.3. The van der Waals surface area contributed by atoms with Crippen LogP contribution in [0.3, 0.4) is 0 Å². The zero-order valence-corrected chi connectivity index (χ0v) is 35.3. The number of rotatable bonds is 31. The van der Waals surface area contributed by atoms with Gasteiger partial charge in [0, 0.05) is 19.3 Å². The van der Waals surface area contributed by atoms with Gasteiger partial charge in [0.1, 0.15) is 18.1 Å². The monoisotopic (exact) mass is 873 g/mol. The van der Waals surface area contributed by atoms with Crippen LogP contribution in [0, 0.1) is 12.8 Å². The molecule has 0 spiro atoms. The van der Waals surface area contributed by atoms with Crippen LogP contribution in [-0.4, -0.2) is 123 Å². The second kappa shape index (κ2) is 27.4. The van der Waals surface area contributed by atoms with Crippen molar-refractivity contribution in [3.05, 3.63) is 48.0 Å². The van der Waals surface area contributed by atoms with Gasteiger partial charge in [-0.05, 0) is 43.2 Å². The Bertz CT molecular complexity index is 1820. The summed E-state index contributed by atoms with van der Waals surface area (Å²) in [5.74, 6) is -12.0. The number of aryl methyl sites for hydroxylation is 1. The maximum Gasteiger partial charge on any atom is 0.305 e. The molecule has 0 saturated heterocycles. The molecule has 0 aliphatic rings. The van der Waals surface area contributed by atoms with E-state index < -0.39 is 140 Å². The number of ketones is 2. The summed E-state index contributed by atoms with van der Waals surface area (Å²) in [6.07, 6.45) is -0.984. The number of aliphatic carboxylic acids is 3. The number of carboxylic acids is 3. The molecule has 0 aliphatic carbocycles. The summed E-state index contributed by atoms with van der Waals surface area (Å²) < 4.78 is 0. The fraction of sp³-hybridized carbons (Fsp3) is 0.537. The van der Waals surface area contributed by atoms with Crippen LogP contribution in [0.1, 0.15) is 89.7 Å². The minimum Gasteiger partial charge on any atom is -0.481 e. The lowest BCUT2D eigenvalue weighted by molar-refractivity contribution is -0.142. The van der Waals surface area contributed by atoms with Crippen LogP contribution in [0.2, 0.25) is 0 Å². The van der Waals surface area contributed by atoms with Gasteiger partial charge in [0.15, 0.2) is 5.78 Å². The Morgan fingerprint density at radius 2 is 1.26 bits per heavy atom. The molecule has 62 heavy (non-hydrogen) atoms. The summed E-state index contributed by atoms with van der Waals surface area (Å²) in [6, 6.07) is -1.75. The van der Waals surface area contributed by atoms with Crippen molar-refractivity contribution < 1.29 is 68.1 Å². The average Bonchev–Trinajstić information content (AvgIpc) is 3.19. The highest BCUT2D eigenvalue weighted by Crippen LogP contribution is 2.14. The van der Waals surface area contributed by atoms with Gasteiger partial charge in [-0.3, -0.25) is 58.1 Å². The first-order valence-electron chi connectivity index (χ1n) is 20.0. The van der Waals surface area contributed by atoms with Crippen molar-refractivity contribution in [1.82, 2.24) is 31.9 Å². The predicted octanol–water partition coefficient (Wildman–Crippen LogP) is -0.830. The number of unbranched alkanes of at least 4 members (excludes halogenated alkanes) is 1. The number of benzene rings is 1. The molecule has 0 aliphatic heterocycles. The molecule has 0 heterocycles. The molecular weight excluding hydrogens is 814 g/mol. The van der Waals surface area contributed by atoms with E-state index in [0.717, 1.165) is 11.6 Å². The summed E-state index contributed by atoms with van der Waals surface area (Å²) >= 11 is 0. The SMILES string of the molecule is C=CC(NCC(=O)N[C@@H](CC(C)C)C(=O)NC(CCCC)C(=O)C(N)=O)C(=O)[C@H](Cc1ccccc1C)NC(=O)[C@H](CCC(=O)O)NC(=O)[C@H](CC(=O)O)NC(=O)CCC(=O)O. The van der Waals surface area contributed by atoms with E-state index in [2.05, 4.69) is 38.5 Å². The van der Waals surface area contributed by atoms with E-state index in [4.69, 9.17) is 10.8 Å². The van der Waals surface area contributed by atoms with Gasteiger partial charge in [-0.1, -0.05) is 64.0 Å². The highest BCUT2D eigenvalue weighted by molar-refractivity contribution is 6.37. The van der Waals surface area contributed by atoms with Crippen molar-refractivity contribution in [3.63, 3.8) is 0 Å².